The largest absolute Gasteiger partial charge is 0.0613 e. The second-order valence-corrected chi connectivity index (χ2v) is 5.11. The second kappa shape index (κ2) is 3.37. The first-order valence-electron chi connectivity index (χ1n) is 5.34. The quantitative estimate of drug-likeness (QED) is 0.590. The van der Waals surface area contributed by atoms with Crippen LogP contribution in [0, 0.1) is 6.92 Å². The van der Waals surface area contributed by atoms with Gasteiger partial charge in [0.05, 0.1) is 0 Å². The van der Waals surface area contributed by atoms with E-state index < -0.39 is 0 Å². The van der Waals surface area contributed by atoms with Gasteiger partial charge in [-0.25, -0.2) is 0 Å². The topological polar surface area (TPSA) is 0 Å². The fraction of sp³-hybridized carbons (Fsp3) is 0.267. The van der Waals surface area contributed by atoms with E-state index in [1.54, 1.807) is 0 Å². The second-order valence-electron chi connectivity index (χ2n) is 5.11. The zero-order valence-corrected chi connectivity index (χ0v) is 9.67. The van der Waals surface area contributed by atoms with Crippen molar-refractivity contribution in [2.75, 3.05) is 0 Å². The molecule has 0 aliphatic heterocycles. The first kappa shape index (κ1) is 10.2. The van der Waals surface area contributed by atoms with Crippen LogP contribution in [-0.2, 0) is 5.41 Å². The summed E-state index contributed by atoms with van der Waals surface area (Å²) in [5.41, 5.74) is 2.68. The Morgan fingerprint density at radius 3 is 2.40 bits per heavy atom. The molecule has 0 bridgehead atoms. The van der Waals surface area contributed by atoms with Crippen LogP contribution >= 0.6 is 0 Å². The lowest BCUT2D eigenvalue weighted by Gasteiger charge is -2.21. The van der Waals surface area contributed by atoms with Gasteiger partial charge in [-0.1, -0.05) is 57.2 Å². The van der Waals surface area contributed by atoms with E-state index in [9.17, 15) is 0 Å². The lowest BCUT2D eigenvalue weighted by Crippen LogP contribution is -2.11. The predicted molar refractivity (Wildman–Crippen MR) is 67.1 cm³/mol. The van der Waals surface area contributed by atoms with Crippen molar-refractivity contribution in [2.24, 2.45) is 0 Å². The summed E-state index contributed by atoms with van der Waals surface area (Å²) in [6, 6.07) is 12.9. The fourth-order valence-electron chi connectivity index (χ4n) is 1.99. The van der Waals surface area contributed by atoms with Gasteiger partial charge < -0.3 is 0 Å². The van der Waals surface area contributed by atoms with Crippen molar-refractivity contribution in [3.63, 3.8) is 0 Å². The summed E-state index contributed by atoms with van der Waals surface area (Å²) in [6.07, 6.45) is 0. The average molecular weight is 197 g/mol. The van der Waals surface area contributed by atoms with Crippen LogP contribution in [0.1, 0.15) is 31.9 Å². The molecule has 0 nitrogen and oxygen atoms in total. The Labute approximate surface area is 91.9 Å². The Kier molecular flexibility index (Phi) is 2.30. The maximum Gasteiger partial charge on any atom is -0.0126 e. The number of hydrogen-bond donors (Lipinski definition) is 0. The highest BCUT2D eigenvalue weighted by molar-refractivity contribution is 5.87. The van der Waals surface area contributed by atoms with Crippen LogP contribution in [0.2, 0.25) is 0 Å². The number of benzene rings is 2. The summed E-state index contributed by atoms with van der Waals surface area (Å²) in [5.74, 6) is 0. The Bertz CT molecular complexity index is 487. The SMILES string of the molecule is [CH2]c1ccc2c(C(C)(C)C)cccc2c1. The van der Waals surface area contributed by atoms with Gasteiger partial charge in [0.15, 0.2) is 0 Å². The van der Waals surface area contributed by atoms with Gasteiger partial charge >= 0.3 is 0 Å². The van der Waals surface area contributed by atoms with Crippen LogP contribution in [0.5, 0.6) is 0 Å². The standard InChI is InChI=1S/C15H17/c1-11-8-9-13-12(10-11)6-5-7-14(13)15(2,3)4/h5-10H,1H2,2-4H3. The molecule has 2 aromatic rings. The van der Waals surface area contributed by atoms with E-state index in [1.807, 2.05) is 0 Å². The van der Waals surface area contributed by atoms with E-state index in [2.05, 4.69) is 64.1 Å². The van der Waals surface area contributed by atoms with Gasteiger partial charge in [-0.3, -0.25) is 0 Å². The summed E-state index contributed by atoms with van der Waals surface area (Å²) in [6.45, 7) is 10.7. The molecule has 0 N–H and O–H groups in total. The van der Waals surface area contributed by atoms with Crippen molar-refractivity contribution in [1.29, 1.82) is 0 Å². The molecule has 0 heterocycles. The van der Waals surface area contributed by atoms with Crippen LogP contribution in [0.25, 0.3) is 10.8 Å². The minimum Gasteiger partial charge on any atom is -0.0613 e. The first-order chi connectivity index (χ1) is 6.98. The highest BCUT2D eigenvalue weighted by atomic mass is 14.2. The fourth-order valence-corrected chi connectivity index (χ4v) is 1.99. The molecular weight excluding hydrogens is 180 g/mol. The van der Waals surface area contributed by atoms with Gasteiger partial charge in [-0.05, 0) is 34.2 Å². The Balaban J connectivity index is 2.77. The van der Waals surface area contributed by atoms with Gasteiger partial charge in [-0.2, -0.15) is 0 Å². The molecule has 2 aromatic carbocycles. The molecule has 77 valence electrons. The lowest BCUT2D eigenvalue weighted by molar-refractivity contribution is 0.596. The monoisotopic (exact) mass is 197 g/mol. The molecule has 0 saturated heterocycles. The third-order valence-corrected chi connectivity index (χ3v) is 2.75. The van der Waals surface area contributed by atoms with E-state index in [0.29, 0.717) is 0 Å². The van der Waals surface area contributed by atoms with Gasteiger partial charge in [0, 0.05) is 0 Å². The van der Waals surface area contributed by atoms with Gasteiger partial charge in [-0.15, -0.1) is 0 Å². The van der Waals surface area contributed by atoms with E-state index in [-0.39, 0.29) is 5.41 Å². The Hall–Kier alpha value is -1.30. The summed E-state index contributed by atoms with van der Waals surface area (Å²) < 4.78 is 0. The zero-order valence-electron chi connectivity index (χ0n) is 9.67. The van der Waals surface area contributed by atoms with Crippen molar-refractivity contribution in [1.82, 2.24) is 0 Å². The van der Waals surface area contributed by atoms with E-state index in [1.165, 1.54) is 16.3 Å². The summed E-state index contributed by atoms with van der Waals surface area (Å²) in [4.78, 5) is 0. The van der Waals surface area contributed by atoms with Crippen molar-refractivity contribution in [3.8, 4) is 0 Å². The van der Waals surface area contributed by atoms with Crippen LogP contribution < -0.4 is 0 Å². The van der Waals surface area contributed by atoms with Gasteiger partial charge in [0.1, 0.15) is 0 Å². The van der Waals surface area contributed by atoms with Crippen LogP contribution in [0.3, 0.4) is 0 Å². The van der Waals surface area contributed by atoms with Crippen molar-refractivity contribution >= 4 is 10.8 Å². The molecular formula is C15H17. The first-order valence-corrected chi connectivity index (χ1v) is 5.34. The van der Waals surface area contributed by atoms with Crippen molar-refractivity contribution in [3.05, 3.63) is 54.4 Å². The minimum absolute atomic E-state index is 0.197. The maximum atomic E-state index is 3.96. The smallest absolute Gasteiger partial charge is 0.0126 e. The number of rotatable bonds is 0. The highest BCUT2D eigenvalue weighted by Crippen LogP contribution is 2.30. The molecule has 0 unspecified atom stereocenters. The summed E-state index contributed by atoms with van der Waals surface area (Å²) in [5, 5.41) is 2.63. The Morgan fingerprint density at radius 2 is 1.73 bits per heavy atom. The minimum atomic E-state index is 0.197. The summed E-state index contributed by atoms with van der Waals surface area (Å²) in [7, 11) is 0. The van der Waals surface area contributed by atoms with Crippen molar-refractivity contribution < 1.29 is 0 Å². The molecule has 0 heteroatoms. The van der Waals surface area contributed by atoms with E-state index in [4.69, 9.17) is 0 Å². The predicted octanol–water partition coefficient (Wildman–Crippen LogP) is 4.32. The van der Waals surface area contributed by atoms with E-state index in [0.717, 1.165) is 5.56 Å². The zero-order chi connectivity index (χ0) is 11.1. The molecule has 15 heavy (non-hydrogen) atoms. The van der Waals surface area contributed by atoms with Crippen LogP contribution in [-0.4, -0.2) is 0 Å². The number of fused-ring (bicyclic) bond motifs is 1. The maximum absolute atomic E-state index is 3.96. The van der Waals surface area contributed by atoms with Gasteiger partial charge in [0.25, 0.3) is 0 Å². The molecule has 0 aliphatic carbocycles. The normalized spacial score (nSPS) is 12.0. The molecule has 0 fully saturated rings. The molecule has 1 radical (unpaired) electrons. The van der Waals surface area contributed by atoms with Crippen molar-refractivity contribution in [2.45, 2.75) is 26.2 Å². The van der Waals surface area contributed by atoms with Crippen LogP contribution in [0.15, 0.2) is 36.4 Å². The van der Waals surface area contributed by atoms with Gasteiger partial charge in [0.2, 0.25) is 0 Å². The lowest BCUT2D eigenvalue weighted by atomic mass is 9.83. The third-order valence-electron chi connectivity index (χ3n) is 2.75. The molecule has 0 amide bonds. The summed E-state index contributed by atoms with van der Waals surface area (Å²) >= 11 is 0. The van der Waals surface area contributed by atoms with Crippen LogP contribution in [0.4, 0.5) is 0 Å². The molecule has 0 atom stereocenters. The molecule has 0 aromatic heterocycles. The molecule has 2 rings (SSSR count). The Morgan fingerprint density at radius 1 is 1.00 bits per heavy atom. The highest BCUT2D eigenvalue weighted by Gasteiger charge is 2.15. The molecule has 0 spiro atoms. The third kappa shape index (κ3) is 1.90. The number of hydrogen-bond acceptors (Lipinski definition) is 0. The molecule has 0 aliphatic rings. The average Bonchev–Trinajstić information content (AvgIpc) is 2.15. The van der Waals surface area contributed by atoms with E-state index >= 15 is 0 Å². The molecule has 0 saturated carbocycles.